The van der Waals surface area contributed by atoms with E-state index in [9.17, 15) is 4.79 Å². The second-order valence-electron chi connectivity index (χ2n) is 6.75. The van der Waals surface area contributed by atoms with E-state index in [1.807, 2.05) is 29.2 Å². The smallest absolute Gasteiger partial charge is 0.251 e. The second kappa shape index (κ2) is 7.78. The van der Waals surface area contributed by atoms with Crippen LogP contribution in [0.25, 0.3) is 11.5 Å². The summed E-state index contributed by atoms with van der Waals surface area (Å²) in [6.07, 6.45) is 3.32. The van der Waals surface area contributed by atoms with Gasteiger partial charge in [0, 0.05) is 49.9 Å². The van der Waals surface area contributed by atoms with Crippen molar-refractivity contribution in [2.45, 2.75) is 25.5 Å². The van der Waals surface area contributed by atoms with Gasteiger partial charge in [0.25, 0.3) is 5.91 Å². The van der Waals surface area contributed by atoms with Gasteiger partial charge in [0.1, 0.15) is 12.4 Å². The maximum atomic E-state index is 12.4. The zero-order valence-electron chi connectivity index (χ0n) is 14.6. The van der Waals surface area contributed by atoms with Gasteiger partial charge in [-0.2, -0.15) is 0 Å². The molecule has 2 saturated heterocycles. The molecule has 2 aliphatic rings. The maximum Gasteiger partial charge on any atom is 0.251 e. The van der Waals surface area contributed by atoms with Gasteiger partial charge in [0.15, 0.2) is 0 Å². The van der Waals surface area contributed by atoms with Crippen molar-refractivity contribution in [3.63, 3.8) is 0 Å². The molecule has 0 aliphatic carbocycles. The Bertz CT molecular complexity index is 748. The van der Waals surface area contributed by atoms with Gasteiger partial charge >= 0.3 is 0 Å². The van der Waals surface area contributed by atoms with Gasteiger partial charge in [-0.25, -0.2) is 4.98 Å². The molecule has 1 amide bonds. The van der Waals surface area contributed by atoms with Crippen molar-refractivity contribution < 1.29 is 13.9 Å². The van der Waals surface area contributed by atoms with Gasteiger partial charge in [-0.15, -0.1) is 0 Å². The van der Waals surface area contributed by atoms with E-state index in [1.54, 1.807) is 6.26 Å². The van der Waals surface area contributed by atoms with E-state index in [0.29, 0.717) is 17.5 Å². The minimum absolute atomic E-state index is 0.147. The maximum absolute atomic E-state index is 12.4. The number of hydrogen-bond acceptors (Lipinski definition) is 5. The predicted octanol–water partition coefficient (Wildman–Crippen LogP) is 2.82. The number of benzene rings is 1. The summed E-state index contributed by atoms with van der Waals surface area (Å²) in [7, 11) is 0. The third-order valence-corrected chi connectivity index (χ3v) is 5.17. The molecule has 2 aromatic rings. The van der Waals surface area contributed by atoms with Gasteiger partial charge in [-0.05, 0) is 37.1 Å². The monoisotopic (exact) mass is 375 g/mol. The second-order valence-corrected chi connectivity index (χ2v) is 7.19. The average Bonchev–Trinajstić information content (AvgIpc) is 3.35. The highest BCUT2D eigenvalue weighted by atomic mass is 35.5. The Labute approximate surface area is 157 Å². The van der Waals surface area contributed by atoms with Crippen molar-refractivity contribution in [2.75, 3.05) is 32.8 Å². The van der Waals surface area contributed by atoms with Crippen LogP contribution < -0.4 is 0 Å². The highest BCUT2D eigenvalue weighted by Crippen LogP contribution is 2.22. The number of piperazine rings is 1. The summed E-state index contributed by atoms with van der Waals surface area (Å²) in [5.41, 5.74) is 1.81. The van der Waals surface area contributed by atoms with Crippen LogP contribution in [0, 0.1) is 0 Å². The molecule has 26 heavy (non-hydrogen) atoms. The number of carbonyl (C=O) groups excluding carboxylic acids is 1. The Kier molecular flexibility index (Phi) is 5.24. The summed E-state index contributed by atoms with van der Waals surface area (Å²) in [6, 6.07) is 7.44. The van der Waals surface area contributed by atoms with Crippen LogP contribution in [0.3, 0.4) is 0 Å². The molecule has 2 aliphatic heterocycles. The minimum Gasteiger partial charge on any atom is -0.444 e. The zero-order chi connectivity index (χ0) is 17.9. The Morgan fingerprint density at radius 3 is 2.65 bits per heavy atom. The van der Waals surface area contributed by atoms with Crippen LogP contribution >= 0.6 is 11.6 Å². The number of carbonyl (C=O) groups is 1. The van der Waals surface area contributed by atoms with E-state index in [4.69, 9.17) is 20.8 Å². The summed E-state index contributed by atoms with van der Waals surface area (Å²) in [4.78, 5) is 21.2. The lowest BCUT2D eigenvalue weighted by Crippen LogP contribution is -2.51. The van der Waals surface area contributed by atoms with E-state index in [0.717, 1.165) is 56.8 Å². The lowest BCUT2D eigenvalue weighted by atomic mass is 10.2. The average molecular weight is 376 g/mol. The first-order chi connectivity index (χ1) is 12.7. The standard InChI is InChI=1S/C19H22ClN3O3/c20-15-5-3-14(4-6-15)18-21-16(13-26-18)12-22-7-9-23(10-8-22)19(24)17-2-1-11-25-17/h3-6,13,17H,1-2,7-12H2/t17-/m0/s1. The van der Waals surface area contributed by atoms with Crippen molar-refractivity contribution >= 4 is 17.5 Å². The number of ether oxygens (including phenoxy) is 1. The van der Waals surface area contributed by atoms with E-state index in [2.05, 4.69) is 9.88 Å². The van der Waals surface area contributed by atoms with Crippen LogP contribution in [0.4, 0.5) is 0 Å². The molecule has 0 N–H and O–H groups in total. The highest BCUT2D eigenvalue weighted by molar-refractivity contribution is 6.30. The lowest BCUT2D eigenvalue weighted by Gasteiger charge is -2.35. The largest absolute Gasteiger partial charge is 0.444 e. The number of nitrogens with zero attached hydrogens (tertiary/aromatic N) is 3. The van der Waals surface area contributed by atoms with E-state index >= 15 is 0 Å². The summed E-state index contributed by atoms with van der Waals surface area (Å²) in [5.74, 6) is 0.748. The Balaban J connectivity index is 1.30. The van der Waals surface area contributed by atoms with Crippen molar-refractivity contribution in [1.82, 2.24) is 14.8 Å². The van der Waals surface area contributed by atoms with Gasteiger partial charge in [0.05, 0.1) is 5.69 Å². The number of oxazole rings is 1. The quantitative estimate of drug-likeness (QED) is 0.822. The summed E-state index contributed by atoms with van der Waals surface area (Å²) in [6.45, 7) is 4.57. The van der Waals surface area contributed by atoms with E-state index in [1.165, 1.54) is 0 Å². The first-order valence-electron chi connectivity index (χ1n) is 9.02. The third kappa shape index (κ3) is 3.92. The van der Waals surface area contributed by atoms with Crippen LogP contribution in [0.2, 0.25) is 5.02 Å². The molecule has 1 aromatic carbocycles. The Morgan fingerprint density at radius 2 is 1.96 bits per heavy atom. The fourth-order valence-electron chi connectivity index (χ4n) is 3.44. The fraction of sp³-hybridized carbons (Fsp3) is 0.474. The molecule has 0 spiro atoms. The SMILES string of the molecule is O=C([C@@H]1CCCO1)N1CCN(Cc2coc(-c3ccc(Cl)cc3)n2)CC1. The number of aromatic nitrogens is 1. The van der Waals surface area contributed by atoms with Crippen LogP contribution in [0.5, 0.6) is 0 Å². The first-order valence-corrected chi connectivity index (χ1v) is 9.40. The van der Waals surface area contributed by atoms with Crippen LogP contribution in [-0.2, 0) is 16.1 Å². The Hall–Kier alpha value is -1.89. The van der Waals surface area contributed by atoms with Gasteiger partial charge in [0.2, 0.25) is 5.89 Å². The number of halogens is 1. The van der Waals surface area contributed by atoms with Crippen LogP contribution in [0.15, 0.2) is 34.9 Å². The molecule has 0 radical (unpaired) electrons. The Morgan fingerprint density at radius 1 is 1.19 bits per heavy atom. The molecule has 138 valence electrons. The zero-order valence-corrected chi connectivity index (χ0v) is 15.3. The van der Waals surface area contributed by atoms with Crippen molar-refractivity contribution in [2.24, 2.45) is 0 Å². The molecule has 0 unspecified atom stereocenters. The first kappa shape index (κ1) is 17.5. The molecule has 0 saturated carbocycles. The third-order valence-electron chi connectivity index (χ3n) is 4.92. The van der Waals surface area contributed by atoms with Crippen molar-refractivity contribution in [3.05, 3.63) is 41.2 Å². The molecule has 3 heterocycles. The van der Waals surface area contributed by atoms with E-state index < -0.39 is 0 Å². The summed E-state index contributed by atoms with van der Waals surface area (Å²) in [5, 5.41) is 0.691. The molecular formula is C19H22ClN3O3. The summed E-state index contributed by atoms with van der Waals surface area (Å²) >= 11 is 5.92. The molecule has 2 fully saturated rings. The topological polar surface area (TPSA) is 58.8 Å². The van der Waals surface area contributed by atoms with Gasteiger partial charge in [-0.3, -0.25) is 9.69 Å². The minimum atomic E-state index is -0.223. The van der Waals surface area contributed by atoms with Crippen LogP contribution in [0.1, 0.15) is 18.5 Å². The molecular weight excluding hydrogens is 354 g/mol. The number of amides is 1. The highest BCUT2D eigenvalue weighted by Gasteiger charge is 2.30. The molecule has 1 aromatic heterocycles. The predicted molar refractivity (Wildman–Crippen MR) is 97.8 cm³/mol. The van der Waals surface area contributed by atoms with Gasteiger partial charge < -0.3 is 14.1 Å². The number of rotatable bonds is 4. The molecule has 1 atom stereocenters. The number of hydrogen-bond donors (Lipinski definition) is 0. The molecule has 0 bridgehead atoms. The summed E-state index contributed by atoms with van der Waals surface area (Å²) < 4.78 is 11.1. The van der Waals surface area contributed by atoms with Crippen LogP contribution in [-0.4, -0.2) is 59.6 Å². The van der Waals surface area contributed by atoms with Crippen molar-refractivity contribution in [3.8, 4) is 11.5 Å². The molecule has 6 nitrogen and oxygen atoms in total. The van der Waals surface area contributed by atoms with Gasteiger partial charge in [-0.1, -0.05) is 11.6 Å². The van der Waals surface area contributed by atoms with E-state index in [-0.39, 0.29) is 12.0 Å². The molecule has 7 heteroatoms. The fourth-order valence-corrected chi connectivity index (χ4v) is 3.56. The normalized spacial score (nSPS) is 21.3. The lowest BCUT2D eigenvalue weighted by molar-refractivity contribution is -0.142. The van der Waals surface area contributed by atoms with Crippen molar-refractivity contribution in [1.29, 1.82) is 0 Å². The molecule has 4 rings (SSSR count).